The molecular formula is C23H27N3O7. The van der Waals surface area contributed by atoms with Gasteiger partial charge in [-0.25, -0.2) is 4.79 Å². The molecule has 3 aromatic rings. The maximum atomic E-state index is 12.5. The Morgan fingerprint density at radius 3 is 2.45 bits per heavy atom. The van der Waals surface area contributed by atoms with E-state index in [9.17, 15) is 19.7 Å². The maximum Gasteiger partial charge on any atom is 0.419 e. The van der Waals surface area contributed by atoms with E-state index in [1.165, 1.54) is 16.7 Å². The van der Waals surface area contributed by atoms with Crippen LogP contribution >= 0.6 is 0 Å². The lowest BCUT2D eigenvalue weighted by molar-refractivity contribution is -0.384. The van der Waals surface area contributed by atoms with Crippen LogP contribution in [-0.4, -0.2) is 28.6 Å². The lowest BCUT2D eigenvalue weighted by Crippen LogP contribution is -2.17. The molecule has 0 radical (unpaired) electrons. The van der Waals surface area contributed by atoms with E-state index in [0.717, 1.165) is 12.8 Å². The Morgan fingerprint density at radius 1 is 1.12 bits per heavy atom. The van der Waals surface area contributed by atoms with E-state index in [-0.39, 0.29) is 30.1 Å². The Labute approximate surface area is 190 Å². The fourth-order valence-corrected chi connectivity index (χ4v) is 3.29. The van der Waals surface area contributed by atoms with Gasteiger partial charge >= 0.3 is 5.76 Å². The number of nitro groups is 1. The minimum absolute atomic E-state index is 0.0332. The molecule has 0 bridgehead atoms. The smallest absolute Gasteiger partial charge is 0.419 e. The first kappa shape index (κ1) is 23.8. The van der Waals surface area contributed by atoms with Crippen molar-refractivity contribution in [2.45, 2.75) is 46.1 Å². The summed E-state index contributed by atoms with van der Waals surface area (Å²) in [5.74, 6) is -0.306. The van der Waals surface area contributed by atoms with Gasteiger partial charge in [0.1, 0.15) is 5.69 Å². The van der Waals surface area contributed by atoms with Gasteiger partial charge in [0.25, 0.3) is 5.69 Å². The number of hydrogen-bond donors (Lipinski definition) is 1. The fraction of sp³-hybridized carbons (Fsp3) is 0.391. The molecule has 10 nitrogen and oxygen atoms in total. The molecule has 10 heteroatoms. The van der Waals surface area contributed by atoms with Gasteiger partial charge in [0.05, 0.1) is 29.7 Å². The van der Waals surface area contributed by atoms with Crippen LogP contribution in [0.3, 0.4) is 0 Å². The number of hydrogen-bond acceptors (Lipinski definition) is 7. The third-order valence-electron chi connectivity index (χ3n) is 4.82. The number of aryl methyl sites for hydroxylation is 1. The van der Waals surface area contributed by atoms with Gasteiger partial charge in [0.2, 0.25) is 5.91 Å². The predicted molar refractivity (Wildman–Crippen MR) is 123 cm³/mol. The summed E-state index contributed by atoms with van der Waals surface area (Å²) in [7, 11) is 0. The number of fused-ring (bicyclic) bond motifs is 1. The van der Waals surface area contributed by atoms with Crippen LogP contribution in [0.15, 0.2) is 45.6 Å². The van der Waals surface area contributed by atoms with Crippen molar-refractivity contribution in [2.24, 2.45) is 0 Å². The Bertz CT molecular complexity index is 1180. The summed E-state index contributed by atoms with van der Waals surface area (Å²) >= 11 is 0. The summed E-state index contributed by atoms with van der Waals surface area (Å²) in [4.78, 5) is 35.6. The van der Waals surface area contributed by atoms with Crippen LogP contribution < -0.4 is 20.5 Å². The van der Waals surface area contributed by atoms with Crippen molar-refractivity contribution in [2.75, 3.05) is 18.5 Å². The molecule has 1 heterocycles. The van der Waals surface area contributed by atoms with Gasteiger partial charge in [0, 0.05) is 19.0 Å². The van der Waals surface area contributed by atoms with E-state index in [4.69, 9.17) is 13.9 Å². The Morgan fingerprint density at radius 2 is 1.79 bits per heavy atom. The standard InChI is InChI=1S/C23H27N3O7/c1-3-12-31-20-14-16(18(26(29)30)15-21(20)32-13-4-2)24-22(27)10-7-11-25-17-8-5-6-9-19(17)33-23(25)28/h5-6,8-9,14-15H,3-4,7,10-13H2,1-2H3,(H,24,27). The van der Waals surface area contributed by atoms with Crippen LogP contribution in [0, 0.1) is 10.1 Å². The molecule has 0 saturated heterocycles. The minimum Gasteiger partial charge on any atom is -0.490 e. The number of carbonyl (C=O) groups excluding carboxylic acids is 1. The van der Waals surface area contributed by atoms with Crippen LogP contribution in [0.5, 0.6) is 11.5 Å². The van der Waals surface area contributed by atoms with Crippen molar-refractivity contribution in [3.05, 3.63) is 57.1 Å². The summed E-state index contributed by atoms with van der Waals surface area (Å²) < 4.78 is 17.9. The average Bonchev–Trinajstić information content (AvgIpc) is 3.11. The molecule has 1 N–H and O–H groups in total. The maximum absolute atomic E-state index is 12.5. The molecule has 0 aliphatic rings. The molecule has 1 aromatic heterocycles. The second-order valence-corrected chi connectivity index (χ2v) is 7.41. The highest BCUT2D eigenvalue weighted by molar-refractivity contribution is 5.93. The molecule has 0 aliphatic heterocycles. The fourth-order valence-electron chi connectivity index (χ4n) is 3.29. The summed E-state index contributed by atoms with van der Waals surface area (Å²) in [5.41, 5.74) is 0.882. The van der Waals surface area contributed by atoms with Crippen LogP contribution in [0.2, 0.25) is 0 Å². The molecule has 0 fully saturated rings. The Kier molecular flexibility index (Phi) is 8.06. The second-order valence-electron chi connectivity index (χ2n) is 7.41. The molecular weight excluding hydrogens is 430 g/mol. The molecule has 0 aliphatic carbocycles. The zero-order valence-corrected chi connectivity index (χ0v) is 18.7. The number of nitrogens with zero attached hydrogens (tertiary/aromatic N) is 2. The van der Waals surface area contributed by atoms with E-state index in [1.54, 1.807) is 24.3 Å². The molecule has 0 unspecified atom stereocenters. The summed E-state index contributed by atoms with van der Waals surface area (Å²) in [5, 5.41) is 14.2. The second kappa shape index (κ2) is 11.2. The predicted octanol–water partition coefficient (Wildman–Crippen LogP) is 4.50. The highest BCUT2D eigenvalue weighted by Crippen LogP contribution is 2.38. The van der Waals surface area contributed by atoms with Crippen molar-refractivity contribution in [3.63, 3.8) is 0 Å². The third-order valence-corrected chi connectivity index (χ3v) is 4.82. The van der Waals surface area contributed by atoms with E-state index >= 15 is 0 Å². The van der Waals surface area contributed by atoms with Crippen molar-refractivity contribution < 1.29 is 23.6 Å². The van der Waals surface area contributed by atoms with Crippen molar-refractivity contribution in [1.82, 2.24) is 4.57 Å². The third kappa shape index (κ3) is 5.91. The van der Waals surface area contributed by atoms with E-state index in [0.29, 0.717) is 36.5 Å². The van der Waals surface area contributed by atoms with Gasteiger partial charge in [-0.1, -0.05) is 26.0 Å². The molecule has 2 aromatic carbocycles. The van der Waals surface area contributed by atoms with Crippen LogP contribution in [-0.2, 0) is 11.3 Å². The topological polar surface area (TPSA) is 126 Å². The van der Waals surface area contributed by atoms with E-state index in [1.807, 2.05) is 13.8 Å². The Hall–Kier alpha value is -3.82. The number of nitro benzene ring substituents is 1. The van der Waals surface area contributed by atoms with Crippen LogP contribution in [0.1, 0.15) is 39.5 Å². The number of carbonyl (C=O) groups is 1. The van der Waals surface area contributed by atoms with Gasteiger partial charge in [-0.05, 0) is 31.4 Å². The zero-order chi connectivity index (χ0) is 23.8. The first-order valence-electron chi connectivity index (χ1n) is 10.9. The summed E-state index contributed by atoms with van der Waals surface area (Å²) in [6, 6.07) is 9.73. The number of anilines is 1. The first-order valence-corrected chi connectivity index (χ1v) is 10.9. The number of aromatic nitrogens is 1. The van der Waals surface area contributed by atoms with Crippen LogP contribution in [0.4, 0.5) is 11.4 Å². The normalized spacial score (nSPS) is 10.8. The lowest BCUT2D eigenvalue weighted by Gasteiger charge is -2.14. The number of nitrogens with one attached hydrogen (secondary N) is 1. The van der Waals surface area contributed by atoms with Gasteiger partial charge in [-0.15, -0.1) is 0 Å². The number of rotatable bonds is 12. The van der Waals surface area contributed by atoms with Crippen molar-refractivity contribution in [1.29, 1.82) is 0 Å². The molecule has 176 valence electrons. The largest absolute Gasteiger partial charge is 0.490 e. The number of amides is 1. The number of oxazole rings is 1. The molecule has 3 rings (SSSR count). The Balaban J connectivity index is 1.72. The highest BCUT2D eigenvalue weighted by atomic mass is 16.6. The highest BCUT2D eigenvalue weighted by Gasteiger charge is 2.22. The van der Waals surface area contributed by atoms with Gasteiger partial charge in [-0.2, -0.15) is 0 Å². The van der Waals surface area contributed by atoms with E-state index in [2.05, 4.69) is 5.32 Å². The summed E-state index contributed by atoms with van der Waals surface area (Å²) in [6.07, 6.45) is 1.88. The lowest BCUT2D eigenvalue weighted by atomic mass is 10.2. The van der Waals surface area contributed by atoms with Gasteiger partial charge < -0.3 is 19.2 Å². The molecule has 33 heavy (non-hydrogen) atoms. The van der Waals surface area contributed by atoms with Crippen molar-refractivity contribution >= 4 is 28.4 Å². The quantitative estimate of drug-likeness (QED) is 0.313. The van der Waals surface area contributed by atoms with Crippen molar-refractivity contribution in [3.8, 4) is 11.5 Å². The summed E-state index contributed by atoms with van der Waals surface area (Å²) in [6.45, 7) is 4.93. The molecule has 1 amide bonds. The molecule has 0 spiro atoms. The van der Waals surface area contributed by atoms with Gasteiger partial charge in [0.15, 0.2) is 17.1 Å². The number of benzene rings is 2. The minimum atomic E-state index is -0.574. The molecule has 0 atom stereocenters. The monoisotopic (exact) mass is 457 g/mol. The number of para-hydroxylation sites is 2. The zero-order valence-electron chi connectivity index (χ0n) is 18.7. The average molecular weight is 457 g/mol. The van der Waals surface area contributed by atoms with E-state index < -0.39 is 16.6 Å². The SMILES string of the molecule is CCCOc1cc(NC(=O)CCCn2c(=O)oc3ccccc32)c([N+](=O)[O-])cc1OCCC. The van der Waals surface area contributed by atoms with Crippen LogP contribution in [0.25, 0.3) is 11.1 Å². The number of ether oxygens (including phenoxy) is 2. The first-order chi connectivity index (χ1) is 15.9. The molecule has 0 saturated carbocycles. The van der Waals surface area contributed by atoms with Gasteiger partial charge in [-0.3, -0.25) is 19.5 Å².